The van der Waals surface area contributed by atoms with Crippen LogP contribution < -0.4 is 34.7 Å². The lowest BCUT2D eigenvalue weighted by Crippen LogP contribution is -2.14. The van der Waals surface area contributed by atoms with Crippen LogP contribution in [0.3, 0.4) is 0 Å². The van der Waals surface area contributed by atoms with E-state index < -0.39 is 0 Å². The number of carbonyl (C=O) groups excluding carboxylic acids is 1. The van der Waals surface area contributed by atoms with Crippen molar-refractivity contribution in [1.29, 1.82) is 0 Å². The van der Waals surface area contributed by atoms with Crippen molar-refractivity contribution in [2.75, 3.05) is 59.3 Å². The molecule has 3 N–H and O–H groups in total. The van der Waals surface area contributed by atoms with E-state index in [2.05, 4.69) is 15.3 Å². The molecule has 0 saturated heterocycles. The van der Waals surface area contributed by atoms with Crippen LogP contribution in [0.15, 0.2) is 36.5 Å². The van der Waals surface area contributed by atoms with E-state index in [1.54, 1.807) is 31.4 Å². The van der Waals surface area contributed by atoms with Crippen LogP contribution in [-0.4, -0.2) is 64.0 Å². The summed E-state index contributed by atoms with van der Waals surface area (Å²) in [4.78, 5) is 22.2. The Morgan fingerprint density at radius 3 is 2.27 bits per heavy atom. The predicted octanol–water partition coefficient (Wildman–Crippen LogP) is 3.35. The molecule has 0 aliphatic heterocycles. The standard InChI is InChI=1S/C26H32N4O7/c1-6-36-20-8-7-16(11-19(20)27)14-28-25-18(15-29-26(30-25)37-10-9-32-2)23(31)17-12-21(33-3)24(35-5)22(13-17)34-4/h7-8,11-13,15H,6,9-10,14,27H2,1-5H3,(H,28,29,30). The summed E-state index contributed by atoms with van der Waals surface area (Å²) in [6, 6.07) is 8.74. The molecule has 3 rings (SSSR count). The van der Waals surface area contributed by atoms with Crippen molar-refractivity contribution in [3.63, 3.8) is 0 Å². The van der Waals surface area contributed by atoms with E-state index in [1.807, 2.05) is 13.0 Å². The van der Waals surface area contributed by atoms with Crippen molar-refractivity contribution in [3.8, 4) is 29.0 Å². The maximum absolute atomic E-state index is 13.6. The van der Waals surface area contributed by atoms with E-state index in [-0.39, 0.29) is 29.8 Å². The normalized spacial score (nSPS) is 10.5. The number of carbonyl (C=O) groups is 1. The van der Waals surface area contributed by atoms with Gasteiger partial charge >= 0.3 is 6.01 Å². The number of ether oxygens (including phenoxy) is 6. The Kier molecular flexibility index (Phi) is 9.73. The van der Waals surface area contributed by atoms with Gasteiger partial charge in [0.25, 0.3) is 0 Å². The molecule has 2 aromatic carbocycles. The first-order valence-electron chi connectivity index (χ1n) is 11.5. The Labute approximate surface area is 215 Å². The van der Waals surface area contributed by atoms with Crippen molar-refractivity contribution in [1.82, 2.24) is 9.97 Å². The van der Waals surface area contributed by atoms with E-state index in [0.29, 0.717) is 54.0 Å². The van der Waals surface area contributed by atoms with Gasteiger partial charge in [0.2, 0.25) is 5.75 Å². The van der Waals surface area contributed by atoms with Crippen LogP contribution in [0.4, 0.5) is 11.5 Å². The molecular weight excluding hydrogens is 480 g/mol. The second-order valence-corrected chi connectivity index (χ2v) is 7.66. The number of anilines is 2. The Balaban J connectivity index is 1.95. The number of hydrogen-bond donors (Lipinski definition) is 2. The zero-order valence-corrected chi connectivity index (χ0v) is 21.6. The minimum Gasteiger partial charge on any atom is -0.493 e. The molecular formula is C26H32N4O7. The molecule has 37 heavy (non-hydrogen) atoms. The number of nitrogens with two attached hydrogens (primary N) is 1. The average Bonchev–Trinajstić information content (AvgIpc) is 2.92. The second-order valence-electron chi connectivity index (χ2n) is 7.66. The summed E-state index contributed by atoms with van der Waals surface area (Å²) in [6.45, 7) is 3.36. The van der Waals surface area contributed by atoms with Crippen molar-refractivity contribution in [2.24, 2.45) is 0 Å². The number of rotatable bonds is 14. The topological polar surface area (TPSA) is 136 Å². The maximum Gasteiger partial charge on any atom is 0.318 e. The van der Waals surface area contributed by atoms with Gasteiger partial charge < -0.3 is 39.5 Å². The molecule has 0 aliphatic rings. The van der Waals surface area contributed by atoms with Gasteiger partial charge in [-0.1, -0.05) is 6.07 Å². The number of methoxy groups -OCH3 is 4. The molecule has 0 saturated carbocycles. The van der Waals surface area contributed by atoms with Gasteiger partial charge in [-0.2, -0.15) is 4.98 Å². The third kappa shape index (κ3) is 6.70. The number of nitrogen functional groups attached to an aromatic ring is 1. The molecule has 0 fully saturated rings. The summed E-state index contributed by atoms with van der Waals surface area (Å²) in [5.41, 5.74) is 8.02. The van der Waals surface area contributed by atoms with Crippen LogP contribution in [-0.2, 0) is 11.3 Å². The van der Waals surface area contributed by atoms with Crippen LogP contribution in [0, 0.1) is 0 Å². The summed E-state index contributed by atoms with van der Waals surface area (Å²) < 4.78 is 32.2. The van der Waals surface area contributed by atoms with Crippen molar-refractivity contribution in [2.45, 2.75) is 13.5 Å². The van der Waals surface area contributed by atoms with Gasteiger partial charge in [0.05, 0.1) is 45.8 Å². The Morgan fingerprint density at radius 1 is 0.946 bits per heavy atom. The first-order chi connectivity index (χ1) is 17.9. The van der Waals surface area contributed by atoms with Gasteiger partial charge in [-0.05, 0) is 36.8 Å². The van der Waals surface area contributed by atoms with Gasteiger partial charge in [0.1, 0.15) is 18.2 Å². The monoisotopic (exact) mass is 512 g/mol. The summed E-state index contributed by atoms with van der Waals surface area (Å²) in [7, 11) is 6.03. The summed E-state index contributed by atoms with van der Waals surface area (Å²) in [5, 5.41) is 3.20. The third-order valence-electron chi connectivity index (χ3n) is 5.29. The first-order valence-corrected chi connectivity index (χ1v) is 11.5. The number of ketones is 1. The predicted molar refractivity (Wildman–Crippen MR) is 138 cm³/mol. The van der Waals surface area contributed by atoms with Gasteiger partial charge in [-0.25, -0.2) is 4.98 Å². The number of hydrogen-bond acceptors (Lipinski definition) is 11. The molecule has 0 spiro atoms. The van der Waals surface area contributed by atoms with Crippen LogP contribution >= 0.6 is 0 Å². The Hall–Kier alpha value is -4.25. The molecule has 0 amide bonds. The molecule has 0 atom stereocenters. The van der Waals surface area contributed by atoms with Crippen molar-refractivity contribution in [3.05, 3.63) is 53.2 Å². The highest BCUT2D eigenvalue weighted by Gasteiger charge is 2.22. The molecule has 11 nitrogen and oxygen atoms in total. The Morgan fingerprint density at radius 2 is 1.68 bits per heavy atom. The molecule has 1 heterocycles. The minimum atomic E-state index is -0.351. The lowest BCUT2D eigenvalue weighted by atomic mass is 10.0. The molecule has 0 radical (unpaired) electrons. The number of aromatic nitrogens is 2. The number of nitrogens with zero attached hydrogens (tertiary/aromatic N) is 2. The van der Waals surface area contributed by atoms with Gasteiger partial charge in [-0.15, -0.1) is 0 Å². The van der Waals surface area contributed by atoms with E-state index in [4.69, 9.17) is 34.2 Å². The fourth-order valence-corrected chi connectivity index (χ4v) is 3.50. The zero-order valence-electron chi connectivity index (χ0n) is 21.6. The van der Waals surface area contributed by atoms with E-state index in [9.17, 15) is 4.79 Å². The zero-order chi connectivity index (χ0) is 26.8. The van der Waals surface area contributed by atoms with Crippen LogP contribution in [0.25, 0.3) is 0 Å². The highest BCUT2D eigenvalue weighted by Crippen LogP contribution is 2.39. The average molecular weight is 513 g/mol. The van der Waals surface area contributed by atoms with Gasteiger partial charge in [0.15, 0.2) is 17.3 Å². The van der Waals surface area contributed by atoms with Crippen molar-refractivity contribution < 1.29 is 33.2 Å². The van der Waals surface area contributed by atoms with Crippen molar-refractivity contribution >= 4 is 17.3 Å². The first kappa shape index (κ1) is 27.3. The van der Waals surface area contributed by atoms with E-state index in [0.717, 1.165) is 5.56 Å². The van der Waals surface area contributed by atoms with E-state index in [1.165, 1.54) is 27.5 Å². The van der Waals surface area contributed by atoms with Crippen LogP contribution in [0.5, 0.6) is 29.0 Å². The summed E-state index contributed by atoms with van der Waals surface area (Å²) in [6.07, 6.45) is 1.41. The Bertz CT molecular complexity index is 1190. The molecule has 198 valence electrons. The largest absolute Gasteiger partial charge is 0.493 e. The SMILES string of the molecule is CCOc1ccc(CNc2nc(OCCOC)ncc2C(=O)c2cc(OC)c(OC)c(OC)c2)cc1N. The minimum absolute atomic E-state index is 0.104. The quantitative estimate of drug-likeness (QED) is 0.187. The highest BCUT2D eigenvalue weighted by molar-refractivity contribution is 6.12. The summed E-state index contributed by atoms with van der Waals surface area (Å²) in [5.74, 6) is 1.63. The van der Waals surface area contributed by atoms with Crippen LogP contribution in [0.2, 0.25) is 0 Å². The second kappa shape index (κ2) is 13.2. The fourth-order valence-electron chi connectivity index (χ4n) is 3.50. The number of benzene rings is 2. The molecule has 1 aromatic heterocycles. The smallest absolute Gasteiger partial charge is 0.318 e. The molecule has 3 aromatic rings. The third-order valence-corrected chi connectivity index (χ3v) is 5.29. The highest BCUT2D eigenvalue weighted by atomic mass is 16.5. The lowest BCUT2D eigenvalue weighted by Gasteiger charge is -2.15. The van der Waals surface area contributed by atoms with Crippen LogP contribution in [0.1, 0.15) is 28.4 Å². The molecule has 0 unspecified atom stereocenters. The molecule has 11 heteroatoms. The maximum atomic E-state index is 13.6. The van der Waals surface area contributed by atoms with Gasteiger partial charge in [0, 0.05) is 25.4 Å². The number of nitrogens with one attached hydrogen (secondary N) is 1. The molecule has 0 bridgehead atoms. The molecule has 0 aliphatic carbocycles. The summed E-state index contributed by atoms with van der Waals surface area (Å²) >= 11 is 0. The fraction of sp³-hybridized carbons (Fsp3) is 0.346. The van der Waals surface area contributed by atoms with Gasteiger partial charge in [-0.3, -0.25) is 4.79 Å². The lowest BCUT2D eigenvalue weighted by molar-refractivity contribution is 0.103. The van der Waals surface area contributed by atoms with E-state index >= 15 is 0 Å².